The van der Waals surface area contributed by atoms with Crippen molar-refractivity contribution in [1.82, 2.24) is 4.90 Å². The topological polar surface area (TPSA) is 46.3 Å². The fourth-order valence-electron chi connectivity index (χ4n) is 3.75. The number of benzene rings is 1. The van der Waals surface area contributed by atoms with E-state index in [0.29, 0.717) is 17.9 Å². The maximum atomic E-state index is 12.4. The molecule has 4 heteroatoms. The van der Waals surface area contributed by atoms with E-state index in [1.54, 1.807) is 0 Å². The average molecular weight is 347 g/mol. The van der Waals surface area contributed by atoms with Gasteiger partial charge in [0.1, 0.15) is 0 Å². The standard InChI is InChI=1S/C20H30N2OS/c1-22(18-3-2-4-18)20(23)13-15-5-7-16(8-6-15)14-24-19-11-9-17(21)10-12-19/h9-12,15-16,18H,2-8,13-14,21H2,1H3. The predicted octanol–water partition coefficient (Wildman–Crippen LogP) is 4.57. The molecule has 0 aliphatic heterocycles. The first kappa shape index (κ1) is 17.7. The number of nitrogens with zero attached hydrogens (tertiary/aromatic N) is 1. The number of hydrogen-bond donors (Lipinski definition) is 1. The summed E-state index contributed by atoms with van der Waals surface area (Å²) < 4.78 is 0. The van der Waals surface area contributed by atoms with Crippen LogP contribution in [0.15, 0.2) is 29.2 Å². The van der Waals surface area contributed by atoms with Crippen LogP contribution in [0.1, 0.15) is 51.4 Å². The second kappa shape index (κ2) is 8.28. The van der Waals surface area contributed by atoms with E-state index in [2.05, 4.69) is 12.1 Å². The van der Waals surface area contributed by atoms with Gasteiger partial charge < -0.3 is 10.6 Å². The number of carbonyl (C=O) groups is 1. The van der Waals surface area contributed by atoms with Crippen molar-refractivity contribution in [2.45, 2.75) is 62.3 Å². The second-order valence-electron chi connectivity index (χ2n) is 7.56. The van der Waals surface area contributed by atoms with Gasteiger partial charge >= 0.3 is 0 Å². The van der Waals surface area contributed by atoms with Gasteiger partial charge in [-0.25, -0.2) is 0 Å². The van der Waals surface area contributed by atoms with Gasteiger partial charge in [-0.3, -0.25) is 4.79 Å². The molecule has 0 atom stereocenters. The Labute approximate surface area is 150 Å². The molecule has 0 spiro atoms. The highest BCUT2D eigenvalue weighted by atomic mass is 32.2. The van der Waals surface area contributed by atoms with Crippen molar-refractivity contribution in [3.8, 4) is 0 Å². The summed E-state index contributed by atoms with van der Waals surface area (Å²) in [7, 11) is 2.00. The highest BCUT2D eigenvalue weighted by molar-refractivity contribution is 7.99. The number of carbonyl (C=O) groups excluding carboxylic acids is 1. The lowest BCUT2D eigenvalue weighted by Gasteiger charge is -2.36. The first-order valence-corrected chi connectivity index (χ1v) is 10.3. The van der Waals surface area contributed by atoms with Crippen molar-refractivity contribution >= 4 is 23.4 Å². The summed E-state index contributed by atoms with van der Waals surface area (Å²) >= 11 is 1.94. The van der Waals surface area contributed by atoms with Crippen LogP contribution >= 0.6 is 11.8 Å². The zero-order chi connectivity index (χ0) is 16.9. The van der Waals surface area contributed by atoms with Crippen LogP contribution in [0, 0.1) is 11.8 Å². The van der Waals surface area contributed by atoms with Gasteiger partial charge in [0.15, 0.2) is 0 Å². The molecule has 0 bridgehead atoms. The maximum absolute atomic E-state index is 12.4. The molecular weight excluding hydrogens is 316 g/mol. The number of nitrogen functional groups attached to an aromatic ring is 1. The molecule has 0 heterocycles. The van der Waals surface area contributed by atoms with Crippen molar-refractivity contribution in [1.29, 1.82) is 0 Å². The van der Waals surface area contributed by atoms with Crippen LogP contribution in [0.5, 0.6) is 0 Å². The molecule has 0 radical (unpaired) electrons. The van der Waals surface area contributed by atoms with Crippen LogP contribution in [-0.4, -0.2) is 29.6 Å². The van der Waals surface area contributed by atoms with Gasteiger partial charge in [-0.1, -0.05) is 0 Å². The molecule has 2 N–H and O–H groups in total. The van der Waals surface area contributed by atoms with E-state index in [0.717, 1.165) is 18.0 Å². The second-order valence-corrected chi connectivity index (χ2v) is 8.65. The highest BCUT2D eigenvalue weighted by Gasteiger charge is 2.28. The Morgan fingerprint density at radius 2 is 1.71 bits per heavy atom. The quantitative estimate of drug-likeness (QED) is 0.606. The third-order valence-corrected chi connectivity index (χ3v) is 7.05. The van der Waals surface area contributed by atoms with Gasteiger partial charge in [-0.05, 0) is 81.0 Å². The van der Waals surface area contributed by atoms with Gasteiger partial charge in [0.25, 0.3) is 0 Å². The molecular formula is C20H30N2OS. The number of nitrogens with two attached hydrogens (primary N) is 1. The van der Waals surface area contributed by atoms with Crippen LogP contribution in [0.3, 0.4) is 0 Å². The molecule has 3 nitrogen and oxygen atoms in total. The van der Waals surface area contributed by atoms with Crippen LogP contribution in [0.4, 0.5) is 5.69 Å². The zero-order valence-electron chi connectivity index (χ0n) is 14.7. The van der Waals surface area contributed by atoms with Gasteiger partial charge in [0.05, 0.1) is 0 Å². The number of thioether (sulfide) groups is 1. The number of anilines is 1. The van der Waals surface area contributed by atoms with Gasteiger partial charge in [-0.15, -0.1) is 11.8 Å². The molecule has 2 fully saturated rings. The fraction of sp³-hybridized carbons (Fsp3) is 0.650. The monoisotopic (exact) mass is 346 g/mol. The minimum atomic E-state index is 0.374. The Morgan fingerprint density at radius 3 is 2.29 bits per heavy atom. The predicted molar refractivity (Wildman–Crippen MR) is 102 cm³/mol. The minimum absolute atomic E-state index is 0.374. The normalized spacial score (nSPS) is 24.4. The van der Waals surface area contributed by atoms with Crippen molar-refractivity contribution in [2.24, 2.45) is 11.8 Å². The van der Waals surface area contributed by atoms with Crippen LogP contribution in [0.25, 0.3) is 0 Å². The highest BCUT2D eigenvalue weighted by Crippen LogP contribution is 2.35. The van der Waals surface area contributed by atoms with Crippen molar-refractivity contribution in [3.05, 3.63) is 24.3 Å². The van der Waals surface area contributed by atoms with E-state index in [-0.39, 0.29) is 0 Å². The van der Waals surface area contributed by atoms with Crippen molar-refractivity contribution in [3.63, 3.8) is 0 Å². The Morgan fingerprint density at radius 1 is 1.08 bits per heavy atom. The van der Waals surface area contributed by atoms with E-state index in [1.165, 1.54) is 55.6 Å². The van der Waals surface area contributed by atoms with Crippen LogP contribution < -0.4 is 5.73 Å². The first-order valence-electron chi connectivity index (χ1n) is 9.36. The molecule has 132 valence electrons. The summed E-state index contributed by atoms with van der Waals surface area (Å²) in [4.78, 5) is 15.7. The Hall–Kier alpha value is -1.16. The minimum Gasteiger partial charge on any atom is -0.399 e. The molecule has 3 rings (SSSR count). The molecule has 2 aliphatic rings. The van der Waals surface area contributed by atoms with E-state index in [4.69, 9.17) is 5.73 Å². The Kier molecular flexibility index (Phi) is 6.09. The lowest BCUT2D eigenvalue weighted by molar-refractivity contribution is -0.134. The van der Waals surface area contributed by atoms with Crippen LogP contribution in [0.2, 0.25) is 0 Å². The van der Waals surface area contributed by atoms with E-state index in [1.807, 2.05) is 35.8 Å². The van der Waals surface area contributed by atoms with E-state index in [9.17, 15) is 4.79 Å². The van der Waals surface area contributed by atoms with E-state index >= 15 is 0 Å². The molecule has 1 aromatic carbocycles. The SMILES string of the molecule is CN(C(=O)CC1CCC(CSc2ccc(N)cc2)CC1)C1CCC1. The number of amides is 1. The number of rotatable bonds is 6. The molecule has 0 saturated heterocycles. The fourth-order valence-corrected chi connectivity index (χ4v) is 4.84. The summed E-state index contributed by atoms with van der Waals surface area (Å²) in [6.07, 6.45) is 9.45. The maximum Gasteiger partial charge on any atom is 0.222 e. The zero-order valence-corrected chi connectivity index (χ0v) is 15.6. The molecule has 0 aromatic heterocycles. The molecule has 2 aliphatic carbocycles. The summed E-state index contributed by atoms with van der Waals surface area (Å²) in [6, 6.07) is 8.71. The summed E-state index contributed by atoms with van der Waals surface area (Å²) in [5.41, 5.74) is 6.56. The Bertz CT molecular complexity index is 533. The number of hydrogen-bond acceptors (Lipinski definition) is 3. The van der Waals surface area contributed by atoms with Gasteiger partial charge in [-0.2, -0.15) is 0 Å². The average Bonchev–Trinajstić information content (AvgIpc) is 2.54. The van der Waals surface area contributed by atoms with Crippen LogP contribution in [-0.2, 0) is 4.79 Å². The van der Waals surface area contributed by atoms with Crippen molar-refractivity contribution in [2.75, 3.05) is 18.5 Å². The first-order chi connectivity index (χ1) is 11.6. The summed E-state index contributed by atoms with van der Waals surface area (Å²) in [5.74, 6) is 2.97. The lowest BCUT2D eigenvalue weighted by Crippen LogP contribution is -2.42. The molecule has 0 unspecified atom stereocenters. The van der Waals surface area contributed by atoms with Gasteiger partial charge in [0.2, 0.25) is 5.91 Å². The largest absolute Gasteiger partial charge is 0.399 e. The third kappa shape index (κ3) is 4.69. The molecule has 1 amide bonds. The lowest BCUT2D eigenvalue weighted by atomic mass is 9.81. The molecule has 2 saturated carbocycles. The summed E-state index contributed by atoms with van der Waals surface area (Å²) in [5, 5.41) is 0. The van der Waals surface area contributed by atoms with Crippen molar-refractivity contribution < 1.29 is 4.79 Å². The Balaban J connectivity index is 1.36. The third-order valence-electron chi connectivity index (χ3n) is 5.81. The molecule has 24 heavy (non-hydrogen) atoms. The molecule has 1 aromatic rings. The van der Waals surface area contributed by atoms with Gasteiger partial charge in [0, 0.05) is 35.8 Å². The smallest absolute Gasteiger partial charge is 0.222 e. The van der Waals surface area contributed by atoms with E-state index < -0.39 is 0 Å². The summed E-state index contributed by atoms with van der Waals surface area (Å²) in [6.45, 7) is 0.